The number of hydrogen-bond donors (Lipinski definition) is 2. The van der Waals surface area contributed by atoms with E-state index in [9.17, 15) is 9.59 Å². The summed E-state index contributed by atoms with van der Waals surface area (Å²) in [6.45, 7) is 7.67. The number of carbonyl (C=O) groups is 2. The molecule has 0 bridgehead atoms. The van der Waals surface area contributed by atoms with Crippen LogP contribution in [0.25, 0.3) is 0 Å². The van der Waals surface area contributed by atoms with E-state index in [-0.39, 0.29) is 23.4 Å². The summed E-state index contributed by atoms with van der Waals surface area (Å²) in [6.07, 6.45) is 0. The van der Waals surface area contributed by atoms with E-state index < -0.39 is 0 Å². The molecule has 0 aromatic carbocycles. The zero-order valence-corrected chi connectivity index (χ0v) is 12.1. The minimum Gasteiger partial charge on any atom is -0.395 e. The van der Waals surface area contributed by atoms with Crippen LogP contribution in [-0.4, -0.2) is 58.0 Å². The molecule has 110 valence electrons. The summed E-state index contributed by atoms with van der Waals surface area (Å²) in [5.41, 5.74) is 7.48. The van der Waals surface area contributed by atoms with Gasteiger partial charge in [0.2, 0.25) is 5.91 Å². The molecule has 0 atom stereocenters. The number of nitrogens with two attached hydrogens (primary N) is 1. The Morgan fingerprint density at radius 1 is 1.20 bits per heavy atom. The van der Waals surface area contributed by atoms with Crippen molar-refractivity contribution in [2.45, 2.75) is 26.7 Å². The standard InChI is InChI=1S/C13H21N5O2/c1-8(2)11-10(14)12(16-15-11)13(20)18-6-4-17(5-7-18)9(3)19/h8H,4-7,14H2,1-3H3,(H,15,16). The molecule has 0 aliphatic carbocycles. The van der Waals surface area contributed by atoms with Crippen molar-refractivity contribution in [2.24, 2.45) is 0 Å². The van der Waals surface area contributed by atoms with Gasteiger partial charge >= 0.3 is 0 Å². The highest BCUT2D eigenvalue weighted by atomic mass is 16.2. The van der Waals surface area contributed by atoms with Crippen LogP contribution in [0.4, 0.5) is 5.69 Å². The van der Waals surface area contributed by atoms with Gasteiger partial charge in [-0.25, -0.2) is 0 Å². The van der Waals surface area contributed by atoms with E-state index in [1.807, 2.05) is 13.8 Å². The lowest BCUT2D eigenvalue weighted by molar-refractivity contribution is -0.130. The Labute approximate surface area is 118 Å². The van der Waals surface area contributed by atoms with Crippen LogP contribution in [0.5, 0.6) is 0 Å². The second kappa shape index (κ2) is 5.52. The third-order valence-electron chi connectivity index (χ3n) is 3.63. The van der Waals surface area contributed by atoms with E-state index in [2.05, 4.69) is 10.2 Å². The van der Waals surface area contributed by atoms with Crippen molar-refractivity contribution in [2.75, 3.05) is 31.9 Å². The second-order valence-corrected chi connectivity index (χ2v) is 5.35. The van der Waals surface area contributed by atoms with E-state index in [1.165, 1.54) is 6.92 Å². The molecule has 20 heavy (non-hydrogen) atoms. The smallest absolute Gasteiger partial charge is 0.276 e. The van der Waals surface area contributed by atoms with Crippen molar-refractivity contribution < 1.29 is 9.59 Å². The molecule has 0 saturated carbocycles. The van der Waals surface area contributed by atoms with Crippen molar-refractivity contribution in [1.29, 1.82) is 0 Å². The van der Waals surface area contributed by atoms with Crippen LogP contribution in [0.1, 0.15) is 42.9 Å². The molecule has 1 aliphatic rings. The molecule has 2 amide bonds. The molecule has 7 heteroatoms. The van der Waals surface area contributed by atoms with Crippen LogP contribution in [0, 0.1) is 0 Å². The molecule has 1 aliphatic heterocycles. The maximum Gasteiger partial charge on any atom is 0.276 e. The number of hydrogen-bond acceptors (Lipinski definition) is 4. The Hall–Kier alpha value is -2.05. The van der Waals surface area contributed by atoms with Gasteiger partial charge in [-0.1, -0.05) is 13.8 Å². The number of aromatic amines is 1. The Bertz CT molecular complexity index is 515. The maximum atomic E-state index is 12.4. The summed E-state index contributed by atoms with van der Waals surface area (Å²) < 4.78 is 0. The van der Waals surface area contributed by atoms with Crippen LogP contribution < -0.4 is 5.73 Å². The summed E-state index contributed by atoms with van der Waals surface area (Å²) in [6, 6.07) is 0. The number of piperazine rings is 1. The summed E-state index contributed by atoms with van der Waals surface area (Å²) in [5.74, 6) is 0.0611. The number of nitrogens with zero attached hydrogens (tertiary/aromatic N) is 3. The van der Waals surface area contributed by atoms with Gasteiger partial charge in [0.25, 0.3) is 5.91 Å². The molecule has 0 unspecified atom stereocenters. The van der Waals surface area contributed by atoms with Crippen molar-refractivity contribution in [1.82, 2.24) is 20.0 Å². The highest BCUT2D eigenvalue weighted by molar-refractivity contribution is 5.97. The molecule has 0 radical (unpaired) electrons. The first-order valence-electron chi connectivity index (χ1n) is 6.80. The van der Waals surface area contributed by atoms with Gasteiger partial charge in [-0.3, -0.25) is 14.7 Å². The average Bonchev–Trinajstić information content (AvgIpc) is 2.80. The SMILES string of the molecule is CC(=O)N1CCN(C(=O)c2n[nH]c(C(C)C)c2N)CC1. The minimum absolute atomic E-state index is 0.0403. The van der Waals surface area contributed by atoms with Crippen LogP contribution >= 0.6 is 0 Å². The average molecular weight is 279 g/mol. The minimum atomic E-state index is -0.172. The van der Waals surface area contributed by atoms with E-state index in [0.29, 0.717) is 31.9 Å². The molecule has 1 aromatic rings. The number of rotatable bonds is 2. The highest BCUT2D eigenvalue weighted by Gasteiger charge is 2.27. The normalized spacial score (nSPS) is 15.8. The van der Waals surface area contributed by atoms with Crippen molar-refractivity contribution in [3.05, 3.63) is 11.4 Å². The topological polar surface area (TPSA) is 95.3 Å². The fraction of sp³-hybridized carbons (Fsp3) is 0.615. The van der Waals surface area contributed by atoms with E-state index in [1.54, 1.807) is 9.80 Å². The van der Waals surface area contributed by atoms with Crippen molar-refractivity contribution in [3.8, 4) is 0 Å². The van der Waals surface area contributed by atoms with Gasteiger partial charge in [-0.05, 0) is 5.92 Å². The van der Waals surface area contributed by atoms with Gasteiger partial charge in [0.05, 0.1) is 11.4 Å². The maximum absolute atomic E-state index is 12.4. The number of nitrogen functional groups attached to an aromatic ring is 1. The van der Waals surface area contributed by atoms with E-state index >= 15 is 0 Å². The van der Waals surface area contributed by atoms with Crippen LogP contribution in [0.3, 0.4) is 0 Å². The zero-order chi connectivity index (χ0) is 14.9. The molecular weight excluding hydrogens is 258 g/mol. The number of nitrogens with one attached hydrogen (secondary N) is 1. The van der Waals surface area contributed by atoms with Crippen molar-refractivity contribution >= 4 is 17.5 Å². The Balaban J connectivity index is 2.08. The third kappa shape index (κ3) is 2.61. The molecule has 7 nitrogen and oxygen atoms in total. The number of H-pyrrole nitrogens is 1. The first kappa shape index (κ1) is 14.4. The van der Waals surface area contributed by atoms with E-state index in [4.69, 9.17) is 5.73 Å². The lowest BCUT2D eigenvalue weighted by Gasteiger charge is -2.33. The fourth-order valence-corrected chi connectivity index (χ4v) is 2.34. The van der Waals surface area contributed by atoms with Crippen LogP contribution in [-0.2, 0) is 4.79 Å². The third-order valence-corrected chi connectivity index (χ3v) is 3.63. The number of amides is 2. The number of anilines is 1. The Morgan fingerprint density at radius 3 is 2.20 bits per heavy atom. The van der Waals surface area contributed by atoms with Gasteiger partial charge in [0, 0.05) is 33.1 Å². The van der Waals surface area contributed by atoms with Gasteiger partial charge in [-0.15, -0.1) is 0 Å². The molecule has 0 spiro atoms. The molecular formula is C13H21N5O2. The monoisotopic (exact) mass is 279 g/mol. The summed E-state index contributed by atoms with van der Waals surface area (Å²) in [5, 5.41) is 6.88. The van der Waals surface area contributed by atoms with Gasteiger partial charge < -0.3 is 15.5 Å². The van der Waals surface area contributed by atoms with Gasteiger partial charge in [0.15, 0.2) is 5.69 Å². The van der Waals surface area contributed by atoms with Crippen LogP contribution in [0.15, 0.2) is 0 Å². The van der Waals surface area contributed by atoms with Crippen molar-refractivity contribution in [3.63, 3.8) is 0 Å². The molecule has 1 saturated heterocycles. The lowest BCUT2D eigenvalue weighted by Crippen LogP contribution is -2.50. The summed E-state index contributed by atoms with van der Waals surface area (Å²) in [4.78, 5) is 27.1. The fourth-order valence-electron chi connectivity index (χ4n) is 2.34. The summed E-state index contributed by atoms with van der Waals surface area (Å²) in [7, 11) is 0. The predicted octanol–water partition coefficient (Wildman–Crippen LogP) is 0.420. The summed E-state index contributed by atoms with van der Waals surface area (Å²) >= 11 is 0. The molecule has 1 fully saturated rings. The molecule has 2 heterocycles. The Kier molecular flexibility index (Phi) is 3.96. The first-order chi connectivity index (χ1) is 9.41. The van der Waals surface area contributed by atoms with Gasteiger partial charge in [-0.2, -0.15) is 5.10 Å². The molecule has 1 aromatic heterocycles. The predicted molar refractivity (Wildman–Crippen MR) is 75.2 cm³/mol. The Morgan fingerprint density at radius 2 is 1.75 bits per heavy atom. The lowest BCUT2D eigenvalue weighted by atomic mass is 10.1. The number of aromatic nitrogens is 2. The largest absolute Gasteiger partial charge is 0.395 e. The second-order valence-electron chi connectivity index (χ2n) is 5.35. The van der Waals surface area contributed by atoms with Crippen LogP contribution in [0.2, 0.25) is 0 Å². The highest BCUT2D eigenvalue weighted by Crippen LogP contribution is 2.23. The van der Waals surface area contributed by atoms with Gasteiger partial charge in [0.1, 0.15) is 0 Å². The van der Waals surface area contributed by atoms with E-state index in [0.717, 1.165) is 5.69 Å². The molecule has 2 rings (SSSR count). The zero-order valence-electron chi connectivity index (χ0n) is 12.1. The first-order valence-corrected chi connectivity index (χ1v) is 6.80. The molecule has 3 N–H and O–H groups in total. The number of carbonyl (C=O) groups excluding carboxylic acids is 2. The quantitative estimate of drug-likeness (QED) is 0.820.